The maximum absolute atomic E-state index is 12.3. The van der Waals surface area contributed by atoms with Crippen LogP contribution in [0.25, 0.3) is 0 Å². The van der Waals surface area contributed by atoms with Gasteiger partial charge in [-0.3, -0.25) is 20.3 Å². The van der Waals surface area contributed by atoms with Gasteiger partial charge in [-0.1, -0.05) is 30.3 Å². The summed E-state index contributed by atoms with van der Waals surface area (Å²) in [6.07, 6.45) is 1.35. The Bertz CT molecular complexity index is 747. The minimum Gasteiger partial charge on any atom is -0.468 e. The highest BCUT2D eigenvalue weighted by molar-refractivity contribution is 5.98. The molecule has 0 radical (unpaired) electrons. The van der Waals surface area contributed by atoms with E-state index in [0.29, 0.717) is 26.3 Å². The van der Waals surface area contributed by atoms with Gasteiger partial charge in [0.25, 0.3) is 0 Å². The van der Waals surface area contributed by atoms with Crippen LogP contribution in [0.4, 0.5) is 4.79 Å². The van der Waals surface area contributed by atoms with Crippen LogP contribution in [0.1, 0.15) is 11.3 Å². The van der Waals surface area contributed by atoms with Gasteiger partial charge in [-0.15, -0.1) is 0 Å². The molecule has 7 nitrogen and oxygen atoms in total. The third-order valence-corrected chi connectivity index (χ3v) is 4.68. The summed E-state index contributed by atoms with van der Waals surface area (Å²) in [5, 5.41) is 5.83. The van der Waals surface area contributed by atoms with E-state index in [4.69, 9.17) is 4.42 Å². The lowest BCUT2D eigenvalue weighted by atomic mass is 9.98. The number of urea groups is 1. The minimum absolute atomic E-state index is 0.226. The van der Waals surface area contributed by atoms with Gasteiger partial charge in [-0.2, -0.15) is 0 Å². The van der Waals surface area contributed by atoms with Crippen molar-refractivity contribution in [2.75, 3.05) is 13.2 Å². The third kappa shape index (κ3) is 3.29. The zero-order valence-electron chi connectivity index (χ0n) is 13.7. The summed E-state index contributed by atoms with van der Waals surface area (Å²) in [7, 11) is 0. The molecule has 3 heterocycles. The predicted molar refractivity (Wildman–Crippen MR) is 89.9 cm³/mol. The number of hydrogen-bond acceptors (Lipinski definition) is 5. The second kappa shape index (κ2) is 6.70. The summed E-state index contributed by atoms with van der Waals surface area (Å²) < 4.78 is 5.38. The van der Waals surface area contributed by atoms with Gasteiger partial charge in [-0.25, -0.2) is 4.79 Å². The number of amides is 3. The van der Waals surface area contributed by atoms with Crippen LogP contribution in [0.5, 0.6) is 0 Å². The molecule has 1 aromatic carbocycles. The molecular weight excluding hydrogens is 320 g/mol. The van der Waals surface area contributed by atoms with E-state index in [1.54, 1.807) is 11.2 Å². The summed E-state index contributed by atoms with van der Waals surface area (Å²) >= 11 is 0. The monoisotopic (exact) mass is 340 g/mol. The number of fused-ring (bicyclic) bond motifs is 1. The highest BCUT2D eigenvalue weighted by Crippen LogP contribution is 2.23. The van der Waals surface area contributed by atoms with Crippen LogP contribution in [-0.4, -0.2) is 41.1 Å². The first-order valence-corrected chi connectivity index (χ1v) is 8.34. The standard InChI is InChI=1S/C18H20N4O3/c23-17-15-11-21(10-14-7-4-8-25-14)12-19-16(15)22(18(24)20-17)9-13-5-2-1-3-6-13/h1-8,15-16,19H,9-12H2,(H,20,23,24). The highest BCUT2D eigenvalue weighted by atomic mass is 16.3. The van der Waals surface area contributed by atoms with Crippen molar-refractivity contribution in [1.82, 2.24) is 20.4 Å². The van der Waals surface area contributed by atoms with E-state index in [2.05, 4.69) is 15.5 Å². The lowest BCUT2D eigenvalue weighted by Gasteiger charge is -2.46. The van der Waals surface area contributed by atoms with Crippen LogP contribution in [0.3, 0.4) is 0 Å². The Labute approximate surface area is 145 Å². The Kier molecular flexibility index (Phi) is 4.25. The minimum atomic E-state index is -0.345. The summed E-state index contributed by atoms with van der Waals surface area (Å²) in [5.74, 6) is 0.315. The van der Waals surface area contributed by atoms with Crippen molar-refractivity contribution in [1.29, 1.82) is 0 Å². The first-order valence-electron chi connectivity index (χ1n) is 8.34. The molecule has 1 aromatic heterocycles. The van der Waals surface area contributed by atoms with Gasteiger partial charge in [0, 0.05) is 13.1 Å². The second-order valence-corrected chi connectivity index (χ2v) is 6.41. The van der Waals surface area contributed by atoms with Crippen LogP contribution in [0, 0.1) is 5.92 Å². The van der Waals surface area contributed by atoms with E-state index in [1.165, 1.54) is 0 Å². The maximum atomic E-state index is 12.3. The van der Waals surface area contributed by atoms with Gasteiger partial charge in [0.2, 0.25) is 5.91 Å². The number of hydrogen-bond donors (Lipinski definition) is 2. The molecule has 25 heavy (non-hydrogen) atoms. The first-order chi connectivity index (χ1) is 12.2. The number of furan rings is 1. The topological polar surface area (TPSA) is 77.8 Å². The van der Waals surface area contributed by atoms with E-state index in [9.17, 15) is 9.59 Å². The quantitative estimate of drug-likeness (QED) is 0.878. The van der Waals surface area contributed by atoms with Crippen molar-refractivity contribution in [2.45, 2.75) is 19.3 Å². The van der Waals surface area contributed by atoms with Crippen molar-refractivity contribution >= 4 is 11.9 Å². The molecule has 0 aliphatic carbocycles. The summed E-state index contributed by atoms with van der Waals surface area (Å²) in [4.78, 5) is 28.5. The van der Waals surface area contributed by atoms with Crippen molar-refractivity contribution in [3.05, 3.63) is 60.1 Å². The van der Waals surface area contributed by atoms with Gasteiger partial charge < -0.3 is 9.32 Å². The van der Waals surface area contributed by atoms with Gasteiger partial charge in [0.1, 0.15) is 5.76 Å². The molecule has 130 valence electrons. The fourth-order valence-corrected chi connectivity index (χ4v) is 3.45. The Balaban J connectivity index is 1.48. The average molecular weight is 340 g/mol. The number of benzene rings is 1. The molecule has 2 aliphatic heterocycles. The van der Waals surface area contributed by atoms with Crippen LogP contribution in [0.15, 0.2) is 53.1 Å². The summed E-state index contributed by atoms with van der Waals surface area (Å²) in [5.41, 5.74) is 1.03. The lowest BCUT2D eigenvalue weighted by molar-refractivity contribution is -0.132. The Morgan fingerprint density at radius 3 is 2.68 bits per heavy atom. The molecule has 4 rings (SSSR count). The molecular formula is C18H20N4O3. The third-order valence-electron chi connectivity index (χ3n) is 4.68. The van der Waals surface area contributed by atoms with Crippen LogP contribution in [-0.2, 0) is 17.9 Å². The van der Waals surface area contributed by atoms with Crippen molar-refractivity contribution in [3.63, 3.8) is 0 Å². The number of carbonyl (C=O) groups is 2. The molecule has 2 N–H and O–H groups in total. The fraction of sp³-hybridized carbons (Fsp3) is 0.333. The Morgan fingerprint density at radius 2 is 1.92 bits per heavy atom. The summed E-state index contributed by atoms with van der Waals surface area (Å²) in [6, 6.07) is 13.2. The molecule has 2 atom stereocenters. The van der Waals surface area contributed by atoms with E-state index in [0.717, 1.165) is 11.3 Å². The Hall–Kier alpha value is -2.64. The highest BCUT2D eigenvalue weighted by Gasteiger charge is 2.44. The second-order valence-electron chi connectivity index (χ2n) is 6.41. The van der Waals surface area contributed by atoms with Crippen LogP contribution in [0.2, 0.25) is 0 Å². The molecule has 2 unspecified atom stereocenters. The normalized spacial score (nSPS) is 24.1. The van der Waals surface area contributed by atoms with E-state index < -0.39 is 0 Å². The van der Waals surface area contributed by atoms with E-state index in [1.807, 2.05) is 42.5 Å². The zero-order chi connectivity index (χ0) is 17.2. The molecule has 3 amide bonds. The SMILES string of the molecule is O=C1NC(=O)N(Cc2ccccc2)C2NCN(Cc3ccco3)CC12. The van der Waals surface area contributed by atoms with Crippen molar-refractivity contribution in [2.24, 2.45) is 5.92 Å². The van der Waals surface area contributed by atoms with Gasteiger partial charge in [0.15, 0.2) is 0 Å². The first kappa shape index (κ1) is 15.9. The van der Waals surface area contributed by atoms with Crippen LogP contribution >= 0.6 is 0 Å². The molecule has 0 saturated carbocycles. The Morgan fingerprint density at radius 1 is 1.08 bits per heavy atom. The number of imide groups is 1. The summed E-state index contributed by atoms with van der Waals surface area (Å²) in [6.45, 7) is 2.26. The van der Waals surface area contributed by atoms with Crippen molar-refractivity contribution in [3.8, 4) is 0 Å². The van der Waals surface area contributed by atoms with Gasteiger partial charge in [-0.05, 0) is 17.7 Å². The smallest absolute Gasteiger partial charge is 0.325 e. The maximum Gasteiger partial charge on any atom is 0.325 e. The molecule has 2 aromatic rings. The molecule has 0 spiro atoms. The fourth-order valence-electron chi connectivity index (χ4n) is 3.45. The zero-order valence-corrected chi connectivity index (χ0v) is 13.7. The number of nitrogens with zero attached hydrogens (tertiary/aromatic N) is 2. The van der Waals surface area contributed by atoms with Crippen LogP contribution < -0.4 is 10.6 Å². The lowest BCUT2D eigenvalue weighted by Crippen LogP contribution is -2.70. The number of nitrogens with one attached hydrogen (secondary N) is 2. The van der Waals surface area contributed by atoms with Crippen molar-refractivity contribution < 1.29 is 14.0 Å². The molecule has 7 heteroatoms. The average Bonchev–Trinajstić information content (AvgIpc) is 3.13. The molecule has 2 fully saturated rings. The number of carbonyl (C=O) groups excluding carboxylic acids is 2. The molecule has 0 bridgehead atoms. The van der Waals surface area contributed by atoms with Gasteiger partial charge in [0.05, 0.1) is 31.6 Å². The predicted octanol–water partition coefficient (Wildman–Crippen LogP) is 1.34. The largest absolute Gasteiger partial charge is 0.468 e. The molecule has 2 saturated heterocycles. The van der Waals surface area contributed by atoms with Gasteiger partial charge >= 0.3 is 6.03 Å². The molecule has 2 aliphatic rings. The number of rotatable bonds is 4. The van der Waals surface area contributed by atoms with E-state index in [-0.39, 0.29) is 24.0 Å². The van der Waals surface area contributed by atoms with E-state index >= 15 is 0 Å².